The number of nitrogens with one attached hydrogen (secondary N) is 1. The molecule has 0 radical (unpaired) electrons. The Bertz CT molecular complexity index is 306. The molecule has 0 unspecified atom stereocenters. The Hall–Kier alpha value is -1.38. The Labute approximate surface area is 83.1 Å². The van der Waals surface area contributed by atoms with E-state index in [9.17, 15) is 9.18 Å². The number of hydrogen-bond donors (Lipinski definition) is 1. The first-order valence-electron chi connectivity index (χ1n) is 4.63. The second-order valence-electron chi connectivity index (χ2n) is 3.61. The van der Waals surface area contributed by atoms with Crippen molar-refractivity contribution in [2.24, 2.45) is 5.92 Å². The quantitative estimate of drug-likeness (QED) is 0.787. The Kier molecular flexibility index (Phi) is 3.63. The van der Waals surface area contributed by atoms with Crippen LogP contribution in [0.4, 0.5) is 4.39 Å². The average Bonchev–Trinajstić information content (AvgIpc) is 2.15. The van der Waals surface area contributed by atoms with E-state index in [2.05, 4.69) is 5.32 Å². The first-order valence-corrected chi connectivity index (χ1v) is 4.63. The molecule has 1 N–H and O–H groups in total. The smallest absolute Gasteiger partial charge is 0.251 e. The van der Waals surface area contributed by atoms with Crippen LogP contribution in [0.5, 0.6) is 0 Å². The van der Waals surface area contributed by atoms with Gasteiger partial charge in [-0.05, 0) is 30.2 Å². The maximum atomic E-state index is 12.5. The van der Waals surface area contributed by atoms with Crippen molar-refractivity contribution in [2.75, 3.05) is 6.54 Å². The van der Waals surface area contributed by atoms with Crippen LogP contribution in [-0.4, -0.2) is 12.5 Å². The third-order valence-corrected chi connectivity index (χ3v) is 1.78. The molecular weight excluding hydrogens is 181 g/mol. The summed E-state index contributed by atoms with van der Waals surface area (Å²) in [5.41, 5.74) is 0.493. The molecule has 0 aromatic heterocycles. The van der Waals surface area contributed by atoms with Crippen molar-refractivity contribution in [3.8, 4) is 0 Å². The molecule has 1 aromatic carbocycles. The van der Waals surface area contributed by atoms with Crippen LogP contribution in [0.25, 0.3) is 0 Å². The van der Waals surface area contributed by atoms with E-state index >= 15 is 0 Å². The van der Waals surface area contributed by atoms with Gasteiger partial charge in [-0.1, -0.05) is 13.8 Å². The first-order chi connectivity index (χ1) is 6.59. The number of rotatable bonds is 3. The number of benzene rings is 1. The van der Waals surface area contributed by atoms with Crippen molar-refractivity contribution in [1.29, 1.82) is 0 Å². The van der Waals surface area contributed by atoms with Crippen molar-refractivity contribution in [1.82, 2.24) is 5.32 Å². The molecule has 76 valence electrons. The van der Waals surface area contributed by atoms with E-state index < -0.39 is 0 Å². The highest BCUT2D eigenvalue weighted by molar-refractivity contribution is 5.94. The minimum Gasteiger partial charge on any atom is -0.352 e. The molecule has 0 aliphatic rings. The molecule has 0 saturated carbocycles. The standard InChI is InChI=1S/C11H14FNO/c1-8(2)7-13-11(14)9-3-5-10(12)6-4-9/h3-6,8H,7H2,1-2H3,(H,13,14). The fourth-order valence-corrected chi connectivity index (χ4v) is 1.00. The number of carbonyl (C=O) groups excluding carboxylic acids is 1. The van der Waals surface area contributed by atoms with Gasteiger partial charge in [-0.15, -0.1) is 0 Å². The summed E-state index contributed by atoms with van der Waals surface area (Å²) in [6, 6.07) is 5.52. The predicted octanol–water partition coefficient (Wildman–Crippen LogP) is 2.21. The van der Waals surface area contributed by atoms with Gasteiger partial charge in [0.1, 0.15) is 5.82 Å². The number of amides is 1. The van der Waals surface area contributed by atoms with Crippen LogP contribution >= 0.6 is 0 Å². The molecule has 0 saturated heterocycles. The third-order valence-electron chi connectivity index (χ3n) is 1.78. The molecule has 0 aliphatic heterocycles. The molecule has 0 aliphatic carbocycles. The molecule has 0 fully saturated rings. The molecule has 14 heavy (non-hydrogen) atoms. The monoisotopic (exact) mass is 195 g/mol. The lowest BCUT2D eigenvalue weighted by atomic mass is 10.2. The van der Waals surface area contributed by atoms with Crippen molar-refractivity contribution in [2.45, 2.75) is 13.8 Å². The molecule has 0 spiro atoms. The van der Waals surface area contributed by atoms with Gasteiger partial charge in [0, 0.05) is 12.1 Å². The highest BCUT2D eigenvalue weighted by Crippen LogP contribution is 2.02. The summed E-state index contributed by atoms with van der Waals surface area (Å²) in [5.74, 6) is -0.0662. The average molecular weight is 195 g/mol. The summed E-state index contributed by atoms with van der Waals surface area (Å²) >= 11 is 0. The highest BCUT2D eigenvalue weighted by Gasteiger charge is 2.04. The van der Waals surface area contributed by atoms with Crippen LogP contribution in [0.1, 0.15) is 24.2 Å². The van der Waals surface area contributed by atoms with E-state index in [1.54, 1.807) is 0 Å². The lowest BCUT2D eigenvalue weighted by Gasteiger charge is -2.07. The van der Waals surface area contributed by atoms with Crippen molar-refractivity contribution in [3.63, 3.8) is 0 Å². The second-order valence-corrected chi connectivity index (χ2v) is 3.61. The number of halogens is 1. The molecule has 1 rings (SSSR count). The highest BCUT2D eigenvalue weighted by atomic mass is 19.1. The molecular formula is C11H14FNO. The zero-order valence-electron chi connectivity index (χ0n) is 8.38. The van der Waals surface area contributed by atoms with Gasteiger partial charge < -0.3 is 5.32 Å². The fourth-order valence-electron chi connectivity index (χ4n) is 1.00. The van der Waals surface area contributed by atoms with Crippen LogP contribution < -0.4 is 5.32 Å². The number of carbonyl (C=O) groups is 1. The maximum Gasteiger partial charge on any atom is 0.251 e. The number of hydrogen-bond acceptors (Lipinski definition) is 1. The lowest BCUT2D eigenvalue weighted by molar-refractivity contribution is 0.0949. The molecule has 0 bridgehead atoms. The second kappa shape index (κ2) is 4.74. The maximum absolute atomic E-state index is 12.5. The van der Waals surface area contributed by atoms with E-state index in [4.69, 9.17) is 0 Å². The largest absolute Gasteiger partial charge is 0.352 e. The molecule has 3 heteroatoms. The van der Waals surface area contributed by atoms with Crippen LogP contribution in [0.15, 0.2) is 24.3 Å². The molecule has 1 amide bonds. The Morgan fingerprint density at radius 1 is 1.36 bits per heavy atom. The SMILES string of the molecule is CC(C)CNC(=O)c1ccc(F)cc1. The van der Waals surface area contributed by atoms with E-state index in [0.29, 0.717) is 18.0 Å². The van der Waals surface area contributed by atoms with E-state index in [-0.39, 0.29) is 11.7 Å². The Morgan fingerprint density at radius 2 is 1.93 bits per heavy atom. The fraction of sp³-hybridized carbons (Fsp3) is 0.364. The van der Waals surface area contributed by atoms with Crippen LogP contribution in [0.2, 0.25) is 0 Å². The van der Waals surface area contributed by atoms with Crippen LogP contribution in [-0.2, 0) is 0 Å². The van der Waals surface area contributed by atoms with Gasteiger partial charge in [-0.3, -0.25) is 4.79 Å². The van der Waals surface area contributed by atoms with E-state index in [0.717, 1.165) is 0 Å². The van der Waals surface area contributed by atoms with Gasteiger partial charge in [0.25, 0.3) is 5.91 Å². The summed E-state index contributed by atoms with van der Waals surface area (Å²) in [5, 5.41) is 2.76. The minimum absolute atomic E-state index is 0.154. The topological polar surface area (TPSA) is 29.1 Å². The third kappa shape index (κ3) is 3.17. The lowest BCUT2D eigenvalue weighted by Crippen LogP contribution is -2.27. The van der Waals surface area contributed by atoms with Gasteiger partial charge >= 0.3 is 0 Å². The van der Waals surface area contributed by atoms with Gasteiger partial charge in [0.15, 0.2) is 0 Å². The zero-order chi connectivity index (χ0) is 10.6. The van der Waals surface area contributed by atoms with Gasteiger partial charge in [0.05, 0.1) is 0 Å². The van der Waals surface area contributed by atoms with Crippen molar-refractivity contribution < 1.29 is 9.18 Å². The Balaban J connectivity index is 2.57. The minimum atomic E-state index is -0.328. The summed E-state index contributed by atoms with van der Waals surface area (Å²) in [4.78, 5) is 11.4. The van der Waals surface area contributed by atoms with E-state index in [1.165, 1.54) is 24.3 Å². The normalized spacial score (nSPS) is 10.3. The molecule has 0 heterocycles. The van der Waals surface area contributed by atoms with Gasteiger partial charge in [-0.2, -0.15) is 0 Å². The summed E-state index contributed by atoms with van der Waals surface area (Å²) in [7, 11) is 0. The van der Waals surface area contributed by atoms with Crippen LogP contribution in [0.3, 0.4) is 0 Å². The Morgan fingerprint density at radius 3 is 2.43 bits per heavy atom. The summed E-state index contributed by atoms with van der Waals surface area (Å²) in [6.07, 6.45) is 0. The van der Waals surface area contributed by atoms with Gasteiger partial charge in [-0.25, -0.2) is 4.39 Å². The predicted molar refractivity (Wildman–Crippen MR) is 53.6 cm³/mol. The van der Waals surface area contributed by atoms with Crippen LogP contribution in [0, 0.1) is 11.7 Å². The van der Waals surface area contributed by atoms with Gasteiger partial charge in [0.2, 0.25) is 0 Å². The summed E-state index contributed by atoms with van der Waals surface area (Å²) < 4.78 is 12.5. The summed E-state index contributed by atoms with van der Waals surface area (Å²) in [6.45, 7) is 4.67. The van der Waals surface area contributed by atoms with Crippen molar-refractivity contribution in [3.05, 3.63) is 35.6 Å². The zero-order valence-corrected chi connectivity index (χ0v) is 8.38. The molecule has 1 aromatic rings. The van der Waals surface area contributed by atoms with Crippen molar-refractivity contribution >= 4 is 5.91 Å². The molecule has 2 nitrogen and oxygen atoms in total. The first kappa shape index (κ1) is 10.7. The molecule has 0 atom stereocenters. The van der Waals surface area contributed by atoms with E-state index in [1.807, 2.05) is 13.8 Å².